The molecule has 7 heteroatoms. The maximum absolute atomic E-state index is 9.61. The number of nitrogens with one attached hydrogen (secondary N) is 2. The summed E-state index contributed by atoms with van der Waals surface area (Å²) in [7, 11) is 4.37. The van der Waals surface area contributed by atoms with Crippen molar-refractivity contribution >= 4 is 29.9 Å². The summed E-state index contributed by atoms with van der Waals surface area (Å²) in [5.41, 5.74) is 0. The topological polar surface area (TPSA) is 63.1 Å². The molecule has 1 saturated heterocycles. The van der Waals surface area contributed by atoms with Crippen molar-refractivity contribution in [3.63, 3.8) is 0 Å². The van der Waals surface area contributed by atoms with Crippen LogP contribution in [-0.4, -0.2) is 85.9 Å². The lowest BCUT2D eigenvalue weighted by Gasteiger charge is -2.37. The van der Waals surface area contributed by atoms with Crippen molar-refractivity contribution in [1.82, 2.24) is 20.4 Å². The maximum Gasteiger partial charge on any atom is 0.191 e. The van der Waals surface area contributed by atoms with Gasteiger partial charge in [-0.15, -0.1) is 24.0 Å². The normalized spacial score (nSPS) is 30.6. The van der Waals surface area contributed by atoms with E-state index in [2.05, 4.69) is 41.5 Å². The molecule has 1 aliphatic carbocycles. The molecule has 1 aliphatic heterocycles. The highest BCUT2D eigenvalue weighted by Gasteiger charge is 2.23. The average molecular weight is 439 g/mol. The van der Waals surface area contributed by atoms with E-state index < -0.39 is 0 Å². The lowest BCUT2D eigenvalue weighted by atomic mass is 9.93. The molecular formula is C16H34IN5O. The summed E-state index contributed by atoms with van der Waals surface area (Å²) < 4.78 is 0. The van der Waals surface area contributed by atoms with Crippen LogP contribution in [0.1, 0.15) is 32.6 Å². The molecule has 1 atom stereocenters. The number of rotatable bonds is 4. The van der Waals surface area contributed by atoms with Crippen molar-refractivity contribution in [1.29, 1.82) is 0 Å². The Balaban J connectivity index is 0.00000264. The zero-order valence-corrected chi connectivity index (χ0v) is 17.1. The number of hydrogen-bond donors (Lipinski definition) is 3. The quantitative estimate of drug-likeness (QED) is 0.342. The van der Waals surface area contributed by atoms with E-state index in [-0.39, 0.29) is 30.1 Å². The van der Waals surface area contributed by atoms with Crippen molar-refractivity contribution in [3.8, 4) is 0 Å². The molecule has 0 bridgehead atoms. The molecular weight excluding hydrogens is 405 g/mol. The minimum atomic E-state index is -0.107. The van der Waals surface area contributed by atoms with Crippen LogP contribution in [0.4, 0.5) is 0 Å². The molecule has 2 rings (SSSR count). The van der Waals surface area contributed by atoms with Crippen LogP contribution in [0.3, 0.4) is 0 Å². The van der Waals surface area contributed by atoms with Crippen molar-refractivity contribution in [2.45, 2.75) is 50.8 Å². The largest absolute Gasteiger partial charge is 0.393 e. The van der Waals surface area contributed by atoms with Gasteiger partial charge in [-0.25, -0.2) is 0 Å². The van der Waals surface area contributed by atoms with Crippen LogP contribution in [0.2, 0.25) is 0 Å². The Morgan fingerprint density at radius 3 is 2.52 bits per heavy atom. The van der Waals surface area contributed by atoms with Gasteiger partial charge in [0.15, 0.2) is 5.96 Å². The average Bonchev–Trinajstić information content (AvgIpc) is 2.50. The summed E-state index contributed by atoms with van der Waals surface area (Å²) in [5, 5.41) is 16.5. The van der Waals surface area contributed by atoms with Crippen molar-refractivity contribution < 1.29 is 5.11 Å². The molecule has 0 amide bonds. The molecule has 0 aromatic rings. The van der Waals surface area contributed by atoms with Gasteiger partial charge in [-0.3, -0.25) is 9.89 Å². The van der Waals surface area contributed by atoms with Gasteiger partial charge in [0.05, 0.1) is 12.6 Å². The van der Waals surface area contributed by atoms with Gasteiger partial charge in [0, 0.05) is 38.3 Å². The summed E-state index contributed by atoms with van der Waals surface area (Å²) in [4.78, 5) is 9.58. The van der Waals surface area contributed by atoms with E-state index in [1.54, 1.807) is 0 Å². The zero-order chi connectivity index (χ0) is 15.9. The molecule has 0 aromatic carbocycles. The second-order valence-electron chi connectivity index (χ2n) is 6.77. The van der Waals surface area contributed by atoms with Crippen molar-refractivity contribution in [2.75, 3.05) is 46.8 Å². The number of guanidine groups is 1. The lowest BCUT2D eigenvalue weighted by Crippen LogP contribution is -2.52. The third-order valence-corrected chi connectivity index (χ3v) is 4.82. The minimum absolute atomic E-state index is 0. The summed E-state index contributed by atoms with van der Waals surface area (Å²) in [5.74, 6) is 0.922. The molecule has 0 radical (unpaired) electrons. The van der Waals surface area contributed by atoms with Crippen LogP contribution in [0, 0.1) is 0 Å². The van der Waals surface area contributed by atoms with E-state index in [0.29, 0.717) is 12.1 Å². The fraction of sp³-hybridized carbons (Fsp3) is 0.938. The van der Waals surface area contributed by atoms with Crippen LogP contribution in [0.15, 0.2) is 4.99 Å². The van der Waals surface area contributed by atoms with E-state index in [1.807, 2.05) is 0 Å². The van der Waals surface area contributed by atoms with E-state index >= 15 is 0 Å². The van der Waals surface area contributed by atoms with Crippen LogP contribution in [-0.2, 0) is 0 Å². The fourth-order valence-corrected chi connectivity index (χ4v) is 3.23. The van der Waals surface area contributed by atoms with Gasteiger partial charge in [0.25, 0.3) is 0 Å². The van der Waals surface area contributed by atoms with Crippen LogP contribution >= 0.6 is 24.0 Å². The minimum Gasteiger partial charge on any atom is -0.393 e. The highest BCUT2D eigenvalue weighted by atomic mass is 127. The van der Waals surface area contributed by atoms with Crippen molar-refractivity contribution in [2.24, 2.45) is 4.99 Å². The number of aliphatic hydroxyl groups excluding tert-OH is 1. The molecule has 136 valence electrons. The second kappa shape index (κ2) is 10.7. The summed E-state index contributed by atoms with van der Waals surface area (Å²) in [6, 6.07) is 0.926. The Morgan fingerprint density at radius 2 is 1.87 bits per heavy atom. The molecule has 23 heavy (non-hydrogen) atoms. The first-order valence-electron chi connectivity index (χ1n) is 8.70. The van der Waals surface area contributed by atoms with Crippen LogP contribution in [0.5, 0.6) is 0 Å². The summed E-state index contributed by atoms with van der Waals surface area (Å²) >= 11 is 0. The zero-order valence-electron chi connectivity index (χ0n) is 14.8. The predicted octanol–water partition coefficient (Wildman–Crippen LogP) is 0.709. The Labute approximate surface area is 158 Å². The summed E-state index contributed by atoms with van der Waals surface area (Å²) in [6.45, 7) is 7.13. The first kappa shape index (κ1) is 20.9. The summed E-state index contributed by atoms with van der Waals surface area (Å²) in [6.07, 6.45) is 3.74. The third-order valence-electron chi connectivity index (χ3n) is 4.82. The van der Waals surface area contributed by atoms with Crippen molar-refractivity contribution in [3.05, 3.63) is 0 Å². The SMILES string of the molecule is CCNC(=NCC1CN(C)CCN1C)NC1CCC(O)CC1.I. The molecule has 6 nitrogen and oxygen atoms in total. The molecule has 1 saturated carbocycles. The number of hydrogen-bond acceptors (Lipinski definition) is 4. The molecule has 1 unspecified atom stereocenters. The van der Waals surface area contributed by atoms with Gasteiger partial charge in [-0.1, -0.05) is 0 Å². The van der Waals surface area contributed by atoms with Gasteiger partial charge in [-0.05, 0) is 46.7 Å². The number of halogens is 1. The molecule has 3 N–H and O–H groups in total. The van der Waals surface area contributed by atoms with Gasteiger partial charge in [0.2, 0.25) is 0 Å². The van der Waals surface area contributed by atoms with E-state index in [1.165, 1.54) is 0 Å². The molecule has 0 spiro atoms. The van der Waals surface area contributed by atoms with Gasteiger partial charge in [-0.2, -0.15) is 0 Å². The highest BCUT2D eigenvalue weighted by molar-refractivity contribution is 14.0. The van der Waals surface area contributed by atoms with E-state index in [0.717, 1.165) is 64.4 Å². The maximum atomic E-state index is 9.61. The number of aliphatic imine (C=N–C) groups is 1. The molecule has 0 aromatic heterocycles. The standard InChI is InChI=1S/C16H33N5O.HI/c1-4-17-16(19-13-5-7-15(22)8-6-13)18-11-14-12-20(2)9-10-21(14)3;/h13-15,22H,4-12H2,1-3H3,(H2,17,18,19);1H. The van der Waals surface area contributed by atoms with E-state index in [4.69, 9.17) is 4.99 Å². The third kappa shape index (κ3) is 7.11. The smallest absolute Gasteiger partial charge is 0.191 e. The van der Waals surface area contributed by atoms with Gasteiger partial charge >= 0.3 is 0 Å². The monoisotopic (exact) mass is 439 g/mol. The predicted molar refractivity (Wildman–Crippen MR) is 107 cm³/mol. The first-order valence-corrected chi connectivity index (χ1v) is 8.70. The lowest BCUT2D eigenvalue weighted by molar-refractivity contribution is 0.118. The van der Waals surface area contributed by atoms with E-state index in [9.17, 15) is 5.11 Å². The Kier molecular flexibility index (Phi) is 9.72. The number of nitrogens with zero attached hydrogens (tertiary/aromatic N) is 3. The first-order chi connectivity index (χ1) is 10.6. The Hall–Kier alpha value is -0.120. The van der Waals surface area contributed by atoms with Gasteiger partial charge in [0.1, 0.15) is 0 Å². The molecule has 2 fully saturated rings. The highest BCUT2D eigenvalue weighted by Crippen LogP contribution is 2.18. The molecule has 1 heterocycles. The number of aliphatic hydroxyl groups is 1. The Bertz CT molecular complexity index is 360. The van der Waals surface area contributed by atoms with Gasteiger partial charge < -0.3 is 20.6 Å². The fourth-order valence-electron chi connectivity index (χ4n) is 3.23. The molecule has 2 aliphatic rings. The van der Waals surface area contributed by atoms with Crippen LogP contribution < -0.4 is 10.6 Å². The number of likely N-dealkylation sites (N-methyl/N-ethyl adjacent to an activating group) is 2. The number of piperazine rings is 1. The van der Waals surface area contributed by atoms with Crippen LogP contribution in [0.25, 0.3) is 0 Å². The Morgan fingerprint density at radius 1 is 1.17 bits per heavy atom. The second-order valence-corrected chi connectivity index (χ2v) is 6.77.